The van der Waals surface area contributed by atoms with Crippen molar-refractivity contribution in [3.05, 3.63) is 0 Å². The van der Waals surface area contributed by atoms with Crippen LogP contribution in [0.4, 0.5) is 0 Å². The summed E-state index contributed by atoms with van der Waals surface area (Å²) in [7, 11) is 0. The van der Waals surface area contributed by atoms with Crippen molar-refractivity contribution in [3.63, 3.8) is 0 Å². The van der Waals surface area contributed by atoms with Crippen LogP contribution < -0.4 is 0 Å². The normalized spacial score (nSPS) is 61.9. The summed E-state index contributed by atoms with van der Waals surface area (Å²) in [6, 6.07) is 0. The van der Waals surface area contributed by atoms with Gasteiger partial charge >= 0.3 is 0 Å². The lowest BCUT2D eigenvalue weighted by atomic mass is 9.43. The molecular formula is C15H24O. The van der Waals surface area contributed by atoms with Gasteiger partial charge in [0.15, 0.2) is 0 Å². The van der Waals surface area contributed by atoms with Crippen molar-refractivity contribution in [1.82, 2.24) is 0 Å². The number of rotatable bonds is 3. The van der Waals surface area contributed by atoms with Crippen molar-refractivity contribution < 1.29 is 5.11 Å². The van der Waals surface area contributed by atoms with E-state index < -0.39 is 0 Å². The second-order valence-electron chi connectivity index (χ2n) is 7.54. The molecule has 16 heavy (non-hydrogen) atoms. The summed E-state index contributed by atoms with van der Waals surface area (Å²) in [6.07, 6.45) is 11.2. The van der Waals surface area contributed by atoms with Crippen molar-refractivity contribution in [2.45, 2.75) is 64.4 Å². The number of aliphatic hydroxyl groups is 1. The molecule has 4 aliphatic carbocycles. The minimum atomic E-state index is 0.0481. The van der Waals surface area contributed by atoms with Crippen molar-refractivity contribution in [1.29, 1.82) is 0 Å². The van der Waals surface area contributed by atoms with E-state index >= 15 is 0 Å². The lowest BCUT2D eigenvalue weighted by Crippen LogP contribution is -2.55. The minimum absolute atomic E-state index is 0.0481. The van der Waals surface area contributed by atoms with Gasteiger partial charge in [-0.25, -0.2) is 0 Å². The van der Waals surface area contributed by atoms with Crippen LogP contribution >= 0.6 is 0 Å². The number of fused-ring (bicyclic) bond motifs is 1. The molecule has 1 spiro atoms. The maximum absolute atomic E-state index is 9.48. The topological polar surface area (TPSA) is 20.2 Å². The molecule has 2 unspecified atom stereocenters. The van der Waals surface area contributed by atoms with Crippen LogP contribution in [0.15, 0.2) is 0 Å². The molecule has 0 aromatic carbocycles. The van der Waals surface area contributed by atoms with Crippen molar-refractivity contribution in [2.75, 3.05) is 0 Å². The Balaban J connectivity index is 1.38. The molecule has 0 radical (unpaired) electrons. The van der Waals surface area contributed by atoms with Crippen LogP contribution in [0.25, 0.3) is 0 Å². The number of hydrogen-bond acceptors (Lipinski definition) is 1. The third-order valence-electron chi connectivity index (χ3n) is 6.60. The first-order valence-corrected chi connectivity index (χ1v) is 7.33. The van der Waals surface area contributed by atoms with Crippen molar-refractivity contribution >= 4 is 0 Å². The lowest BCUT2D eigenvalue weighted by Gasteiger charge is -2.63. The van der Waals surface area contributed by atoms with Crippen molar-refractivity contribution in [3.8, 4) is 0 Å². The molecule has 1 heteroatoms. The lowest BCUT2D eigenvalue weighted by molar-refractivity contribution is -0.160. The predicted molar refractivity (Wildman–Crippen MR) is 64.0 cm³/mol. The van der Waals surface area contributed by atoms with Gasteiger partial charge in [0.2, 0.25) is 0 Å². The van der Waals surface area contributed by atoms with Crippen molar-refractivity contribution in [2.24, 2.45) is 28.6 Å². The van der Waals surface area contributed by atoms with Crippen LogP contribution in [0.5, 0.6) is 0 Å². The average molecular weight is 220 g/mol. The van der Waals surface area contributed by atoms with Gasteiger partial charge in [0.05, 0.1) is 6.10 Å². The molecule has 4 fully saturated rings. The Kier molecular flexibility index (Phi) is 1.77. The Morgan fingerprint density at radius 3 is 2.19 bits per heavy atom. The molecule has 0 heterocycles. The number of aliphatic hydroxyl groups excluding tert-OH is 1. The molecule has 1 nitrogen and oxygen atoms in total. The van der Waals surface area contributed by atoms with Crippen LogP contribution in [0, 0.1) is 28.6 Å². The Morgan fingerprint density at radius 2 is 1.75 bits per heavy atom. The molecule has 90 valence electrons. The van der Waals surface area contributed by atoms with E-state index in [9.17, 15) is 5.11 Å². The van der Waals surface area contributed by atoms with Gasteiger partial charge in [0, 0.05) is 0 Å². The van der Waals surface area contributed by atoms with Crippen LogP contribution in [0.1, 0.15) is 58.3 Å². The summed E-state index contributed by atoms with van der Waals surface area (Å²) in [4.78, 5) is 0. The average Bonchev–Trinajstić information content (AvgIpc) is 2.58. The predicted octanol–water partition coefficient (Wildman–Crippen LogP) is 3.36. The van der Waals surface area contributed by atoms with E-state index in [0.29, 0.717) is 10.8 Å². The second-order valence-corrected chi connectivity index (χ2v) is 7.54. The summed E-state index contributed by atoms with van der Waals surface area (Å²) in [5, 5.41) is 9.48. The standard InChI is InChI=1S/C15H24O/c1-2-14(7-13-11-3-4-12(11)13)8-15(9-14)5-10(16)6-15/h10-13,16H,2-9H2,1H3/t10?,11-,12?,13?,14?,15?/m0/s1. The second kappa shape index (κ2) is 2.85. The molecule has 4 saturated carbocycles. The summed E-state index contributed by atoms with van der Waals surface area (Å²) < 4.78 is 0. The highest BCUT2D eigenvalue weighted by Crippen LogP contribution is 2.72. The van der Waals surface area contributed by atoms with Crippen LogP contribution in [-0.4, -0.2) is 11.2 Å². The number of hydrogen-bond donors (Lipinski definition) is 1. The van der Waals surface area contributed by atoms with Gasteiger partial charge in [-0.15, -0.1) is 0 Å². The van der Waals surface area contributed by atoms with Gasteiger partial charge in [-0.3, -0.25) is 0 Å². The van der Waals surface area contributed by atoms with E-state index in [1.54, 1.807) is 12.8 Å². The van der Waals surface area contributed by atoms with Gasteiger partial charge in [-0.05, 0) is 73.5 Å². The fourth-order valence-corrected chi connectivity index (χ4v) is 5.61. The van der Waals surface area contributed by atoms with Crippen LogP contribution in [0.2, 0.25) is 0 Å². The highest BCUT2D eigenvalue weighted by molar-refractivity contribution is 5.13. The molecule has 3 atom stereocenters. The van der Waals surface area contributed by atoms with Gasteiger partial charge < -0.3 is 5.11 Å². The summed E-state index contributed by atoms with van der Waals surface area (Å²) in [5.41, 5.74) is 1.32. The zero-order valence-corrected chi connectivity index (χ0v) is 10.4. The molecule has 0 saturated heterocycles. The van der Waals surface area contributed by atoms with E-state index in [4.69, 9.17) is 0 Å². The third kappa shape index (κ3) is 1.16. The minimum Gasteiger partial charge on any atom is -0.393 e. The smallest absolute Gasteiger partial charge is 0.0550 e. The van der Waals surface area contributed by atoms with E-state index in [2.05, 4.69) is 6.92 Å². The molecule has 1 N–H and O–H groups in total. The van der Waals surface area contributed by atoms with E-state index in [1.807, 2.05) is 0 Å². The van der Waals surface area contributed by atoms with E-state index in [1.165, 1.54) is 25.7 Å². The SMILES string of the molecule is CCC1(CC2C3CC[C@@H]32)CC2(CC(O)C2)C1. The maximum Gasteiger partial charge on any atom is 0.0550 e. The zero-order valence-electron chi connectivity index (χ0n) is 10.4. The Labute approximate surface area is 98.6 Å². The highest BCUT2D eigenvalue weighted by Gasteiger charge is 2.63. The largest absolute Gasteiger partial charge is 0.393 e. The first-order chi connectivity index (χ1) is 7.65. The van der Waals surface area contributed by atoms with E-state index in [0.717, 1.165) is 30.6 Å². The Hall–Kier alpha value is -0.0400. The molecule has 0 amide bonds. The monoisotopic (exact) mass is 220 g/mol. The van der Waals surface area contributed by atoms with Gasteiger partial charge in [0.1, 0.15) is 0 Å². The molecule has 0 bridgehead atoms. The molecule has 4 aliphatic rings. The highest BCUT2D eigenvalue weighted by atomic mass is 16.3. The Bertz CT molecular complexity index is 297. The molecule has 0 aromatic heterocycles. The Morgan fingerprint density at radius 1 is 1.12 bits per heavy atom. The fraction of sp³-hybridized carbons (Fsp3) is 1.00. The summed E-state index contributed by atoms with van der Waals surface area (Å²) in [5.74, 6) is 3.45. The third-order valence-corrected chi connectivity index (χ3v) is 6.60. The van der Waals surface area contributed by atoms with Gasteiger partial charge in [-0.2, -0.15) is 0 Å². The van der Waals surface area contributed by atoms with E-state index in [-0.39, 0.29) is 6.10 Å². The van der Waals surface area contributed by atoms with Gasteiger partial charge in [-0.1, -0.05) is 13.3 Å². The maximum atomic E-state index is 9.48. The fourth-order valence-electron chi connectivity index (χ4n) is 5.61. The van der Waals surface area contributed by atoms with Crippen LogP contribution in [0.3, 0.4) is 0 Å². The molecular weight excluding hydrogens is 196 g/mol. The van der Waals surface area contributed by atoms with Crippen LogP contribution in [-0.2, 0) is 0 Å². The van der Waals surface area contributed by atoms with Gasteiger partial charge in [0.25, 0.3) is 0 Å². The molecule has 0 aliphatic heterocycles. The summed E-state index contributed by atoms with van der Waals surface area (Å²) in [6.45, 7) is 2.40. The molecule has 0 aromatic rings. The summed E-state index contributed by atoms with van der Waals surface area (Å²) >= 11 is 0. The first-order valence-electron chi connectivity index (χ1n) is 7.33. The quantitative estimate of drug-likeness (QED) is 0.773. The first kappa shape index (κ1) is 9.94. The molecule has 4 rings (SSSR count). The zero-order chi connectivity index (χ0) is 11.0.